The quantitative estimate of drug-likeness (QED) is 0.890. The van der Waals surface area contributed by atoms with Crippen molar-refractivity contribution in [1.82, 2.24) is 9.78 Å². The molecule has 0 saturated carbocycles. The molecule has 0 radical (unpaired) electrons. The third-order valence-corrected chi connectivity index (χ3v) is 2.99. The third kappa shape index (κ3) is 3.54. The van der Waals surface area contributed by atoms with Gasteiger partial charge in [0.2, 0.25) is 0 Å². The van der Waals surface area contributed by atoms with E-state index in [4.69, 9.17) is 0 Å². The Morgan fingerprint density at radius 1 is 1.44 bits per heavy atom. The van der Waals surface area contributed by atoms with Crippen molar-refractivity contribution in [3.8, 4) is 0 Å². The van der Waals surface area contributed by atoms with E-state index in [1.165, 1.54) is 4.88 Å². The van der Waals surface area contributed by atoms with Crippen LogP contribution in [0.3, 0.4) is 0 Å². The highest BCUT2D eigenvalue weighted by molar-refractivity contribution is 7.09. The third-order valence-electron chi connectivity index (χ3n) is 2.12. The average molecular weight is 258 g/mol. The Morgan fingerprint density at radius 3 is 3.00 bits per heavy atom. The molecule has 0 unspecified atom stereocenters. The Hall–Kier alpha value is -1.00. The number of anilines is 1. The van der Waals surface area contributed by atoms with Gasteiger partial charge in [-0.3, -0.25) is 4.68 Å². The second kappa shape index (κ2) is 6.55. The van der Waals surface area contributed by atoms with Gasteiger partial charge < -0.3 is 5.32 Å². The van der Waals surface area contributed by atoms with Crippen molar-refractivity contribution in [3.63, 3.8) is 0 Å². The van der Waals surface area contributed by atoms with Crippen LogP contribution in [-0.2, 0) is 13.1 Å². The van der Waals surface area contributed by atoms with Crippen LogP contribution in [0.4, 0.5) is 5.82 Å². The fourth-order valence-corrected chi connectivity index (χ4v) is 2.05. The van der Waals surface area contributed by atoms with E-state index in [1.54, 1.807) is 11.3 Å². The maximum Gasteiger partial charge on any atom is 0.148 e. The van der Waals surface area contributed by atoms with Gasteiger partial charge in [0.25, 0.3) is 0 Å². The van der Waals surface area contributed by atoms with Crippen molar-refractivity contribution >= 4 is 29.6 Å². The predicted octanol–water partition coefficient (Wildman–Crippen LogP) is 3.39. The molecule has 2 rings (SSSR count). The molecule has 0 spiro atoms. The zero-order valence-corrected chi connectivity index (χ0v) is 10.9. The summed E-state index contributed by atoms with van der Waals surface area (Å²) in [5, 5.41) is 9.80. The van der Waals surface area contributed by atoms with Gasteiger partial charge in [-0.25, -0.2) is 0 Å². The Labute approximate surface area is 106 Å². The Morgan fingerprint density at radius 2 is 2.31 bits per heavy atom. The predicted molar refractivity (Wildman–Crippen MR) is 71.4 cm³/mol. The lowest BCUT2D eigenvalue weighted by atomic mass is 10.4. The van der Waals surface area contributed by atoms with Crippen LogP contribution in [0.5, 0.6) is 0 Å². The maximum atomic E-state index is 4.41. The summed E-state index contributed by atoms with van der Waals surface area (Å²) in [7, 11) is 0. The van der Waals surface area contributed by atoms with E-state index in [9.17, 15) is 0 Å². The van der Waals surface area contributed by atoms with Gasteiger partial charge in [-0.1, -0.05) is 13.0 Å². The average Bonchev–Trinajstić information content (AvgIpc) is 2.85. The zero-order valence-electron chi connectivity index (χ0n) is 9.22. The van der Waals surface area contributed by atoms with Crippen molar-refractivity contribution in [2.45, 2.75) is 26.4 Å². The SMILES string of the molecule is CCCn1ccc(NCc2cccs2)n1.Cl. The molecule has 0 bridgehead atoms. The van der Waals surface area contributed by atoms with Gasteiger partial charge in [0, 0.05) is 23.7 Å². The molecule has 3 nitrogen and oxygen atoms in total. The summed E-state index contributed by atoms with van der Waals surface area (Å²) in [5.74, 6) is 0.955. The highest BCUT2D eigenvalue weighted by Gasteiger charge is 1.98. The number of halogens is 1. The highest BCUT2D eigenvalue weighted by Crippen LogP contribution is 2.11. The summed E-state index contributed by atoms with van der Waals surface area (Å²) < 4.78 is 1.97. The van der Waals surface area contributed by atoms with Gasteiger partial charge in [-0.2, -0.15) is 5.10 Å². The molecule has 88 valence electrons. The Balaban J connectivity index is 0.00000128. The maximum absolute atomic E-state index is 4.41. The molecule has 0 aliphatic carbocycles. The van der Waals surface area contributed by atoms with Crippen LogP contribution in [-0.4, -0.2) is 9.78 Å². The molecule has 0 atom stereocenters. The van der Waals surface area contributed by atoms with Gasteiger partial charge in [-0.05, 0) is 17.9 Å². The summed E-state index contributed by atoms with van der Waals surface area (Å²) in [6.45, 7) is 4.00. The first-order valence-electron chi connectivity index (χ1n) is 5.18. The van der Waals surface area contributed by atoms with Crippen molar-refractivity contribution in [2.75, 3.05) is 5.32 Å². The number of nitrogens with one attached hydrogen (secondary N) is 1. The molecule has 16 heavy (non-hydrogen) atoms. The van der Waals surface area contributed by atoms with Gasteiger partial charge in [-0.15, -0.1) is 23.7 Å². The number of rotatable bonds is 5. The lowest BCUT2D eigenvalue weighted by Crippen LogP contribution is -2.01. The molecule has 0 fully saturated rings. The molecule has 0 amide bonds. The largest absolute Gasteiger partial charge is 0.364 e. The van der Waals surface area contributed by atoms with Crippen LogP contribution < -0.4 is 5.32 Å². The monoisotopic (exact) mass is 257 g/mol. The summed E-state index contributed by atoms with van der Waals surface area (Å²) >= 11 is 1.76. The highest BCUT2D eigenvalue weighted by atomic mass is 35.5. The fourth-order valence-electron chi connectivity index (χ4n) is 1.40. The van der Waals surface area contributed by atoms with E-state index in [-0.39, 0.29) is 12.4 Å². The minimum atomic E-state index is 0. The minimum Gasteiger partial charge on any atom is -0.364 e. The summed E-state index contributed by atoms with van der Waals surface area (Å²) in [6.07, 6.45) is 3.13. The van der Waals surface area contributed by atoms with Gasteiger partial charge in [0.05, 0.1) is 6.54 Å². The Bertz CT molecular complexity index is 397. The number of hydrogen-bond acceptors (Lipinski definition) is 3. The van der Waals surface area contributed by atoms with Crippen LogP contribution in [0, 0.1) is 0 Å². The van der Waals surface area contributed by atoms with Gasteiger partial charge in [0.15, 0.2) is 0 Å². The van der Waals surface area contributed by atoms with Crippen LogP contribution >= 0.6 is 23.7 Å². The minimum absolute atomic E-state index is 0. The van der Waals surface area contributed by atoms with Crippen molar-refractivity contribution < 1.29 is 0 Å². The van der Waals surface area contributed by atoms with Crippen molar-refractivity contribution in [2.24, 2.45) is 0 Å². The van der Waals surface area contributed by atoms with E-state index in [0.717, 1.165) is 25.3 Å². The first kappa shape index (κ1) is 13.1. The number of aryl methyl sites for hydroxylation is 1. The van der Waals surface area contributed by atoms with Gasteiger partial charge in [0.1, 0.15) is 5.82 Å². The molecular formula is C11H16ClN3S. The number of aromatic nitrogens is 2. The molecule has 0 aliphatic heterocycles. The van der Waals surface area contributed by atoms with Crippen LogP contribution in [0.25, 0.3) is 0 Å². The van der Waals surface area contributed by atoms with Gasteiger partial charge >= 0.3 is 0 Å². The van der Waals surface area contributed by atoms with E-state index < -0.39 is 0 Å². The second-order valence-electron chi connectivity index (χ2n) is 3.40. The molecule has 0 saturated heterocycles. The number of nitrogens with zero attached hydrogens (tertiary/aromatic N) is 2. The summed E-state index contributed by atoms with van der Waals surface area (Å²) in [5.41, 5.74) is 0. The molecule has 2 aromatic rings. The molecule has 0 aromatic carbocycles. The lowest BCUT2D eigenvalue weighted by Gasteiger charge is -2.00. The fraction of sp³-hybridized carbons (Fsp3) is 0.364. The second-order valence-corrected chi connectivity index (χ2v) is 4.43. The van der Waals surface area contributed by atoms with E-state index in [1.807, 2.05) is 16.9 Å². The van der Waals surface area contributed by atoms with Crippen LogP contribution in [0.1, 0.15) is 18.2 Å². The molecular weight excluding hydrogens is 242 g/mol. The first-order valence-corrected chi connectivity index (χ1v) is 6.06. The molecule has 0 aliphatic rings. The molecule has 2 aromatic heterocycles. The van der Waals surface area contributed by atoms with E-state index >= 15 is 0 Å². The van der Waals surface area contributed by atoms with E-state index in [2.05, 4.69) is 34.9 Å². The summed E-state index contributed by atoms with van der Waals surface area (Å²) in [4.78, 5) is 1.33. The topological polar surface area (TPSA) is 29.9 Å². The standard InChI is InChI=1S/C11H15N3S.ClH/c1-2-6-14-7-5-11(13-14)12-9-10-4-3-8-15-10;/h3-5,7-8H,2,6,9H2,1H3,(H,12,13);1H. The number of thiophene rings is 1. The van der Waals surface area contributed by atoms with Crippen LogP contribution in [0.2, 0.25) is 0 Å². The number of hydrogen-bond donors (Lipinski definition) is 1. The van der Waals surface area contributed by atoms with Crippen molar-refractivity contribution in [3.05, 3.63) is 34.7 Å². The Kier molecular flexibility index (Phi) is 5.35. The molecule has 2 heterocycles. The molecule has 1 N–H and O–H groups in total. The summed E-state index contributed by atoms with van der Waals surface area (Å²) in [6, 6.07) is 6.21. The molecule has 5 heteroatoms. The smallest absolute Gasteiger partial charge is 0.148 e. The lowest BCUT2D eigenvalue weighted by molar-refractivity contribution is 0.604. The normalized spacial score (nSPS) is 9.81. The van der Waals surface area contributed by atoms with Crippen LogP contribution in [0.15, 0.2) is 29.8 Å². The van der Waals surface area contributed by atoms with E-state index in [0.29, 0.717) is 0 Å². The first-order chi connectivity index (χ1) is 7.38. The zero-order chi connectivity index (χ0) is 10.5. The van der Waals surface area contributed by atoms with Crippen molar-refractivity contribution in [1.29, 1.82) is 0 Å².